The van der Waals surface area contributed by atoms with Crippen molar-refractivity contribution in [3.63, 3.8) is 0 Å². The molecule has 0 aromatic rings. The number of hydrogen-bond donors (Lipinski definition) is 2. The van der Waals surface area contributed by atoms with Gasteiger partial charge in [0, 0.05) is 13.1 Å². The Labute approximate surface area is 114 Å². The maximum absolute atomic E-state index is 12.0. The predicted octanol–water partition coefficient (Wildman–Crippen LogP) is 0.425. The van der Waals surface area contributed by atoms with Crippen LogP contribution in [0.5, 0.6) is 0 Å². The van der Waals surface area contributed by atoms with Gasteiger partial charge >= 0.3 is 16.3 Å². The largest absolute Gasteiger partial charge is 0.446 e. The molecule has 1 saturated carbocycles. The molecule has 2 unspecified atom stereocenters. The first-order chi connectivity index (χ1) is 8.77. The number of carbonyl (C=O) groups excluding carboxylic acids is 1. The molecule has 1 amide bonds. The number of nitrogens with zero attached hydrogens (tertiary/aromatic N) is 1. The topological polar surface area (TPSA) is 102 Å². The van der Waals surface area contributed by atoms with E-state index in [0.29, 0.717) is 6.54 Å². The summed E-state index contributed by atoms with van der Waals surface area (Å²) in [6.45, 7) is 3.75. The van der Waals surface area contributed by atoms with Gasteiger partial charge in [0.15, 0.2) is 0 Å². The minimum Gasteiger partial charge on any atom is -0.446 e. The molecule has 112 valence electrons. The second-order valence-electron chi connectivity index (χ2n) is 5.07. The SMILES string of the molecule is CC(C)OC(=O)NS(=O)(=O)N(C)C1CCCC1CN. The van der Waals surface area contributed by atoms with Crippen LogP contribution < -0.4 is 10.5 Å². The van der Waals surface area contributed by atoms with Gasteiger partial charge < -0.3 is 10.5 Å². The van der Waals surface area contributed by atoms with E-state index in [1.54, 1.807) is 13.8 Å². The van der Waals surface area contributed by atoms with Crippen molar-refractivity contribution in [3.05, 3.63) is 0 Å². The van der Waals surface area contributed by atoms with Gasteiger partial charge in [0.25, 0.3) is 0 Å². The van der Waals surface area contributed by atoms with Crippen molar-refractivity contribution in [2.45, 2.75) is 45.3 Å². The lowest BCUT2D eigenvalue weighted by molar-refractivity contribution is 0.120. The summed E-state index contributed by atoms with van der Waals surface area (Å²) in [6, 6.07) is -0.158. The molecule has 2 atom stereocenters. The third kappa shape index (κ3) is 4.32. The fraction of sp³-hybridized carbons (Fsp3) is 0.909. The summed E-state index contributed by atoms with van der Waals surface area (Å²) in [5, 5.41) is 0. The highest BCUT2D eigenvalue weighted by atomic mass is 32.2. The van der Waals surface area contributed by atoms with Crippen LogP contribution >= 0.6 is 0 Å². The van der Waals surface area contributed by atoms with Gasteiger partial charge in [-0.25, -0.2) is 9.52 Å². The van der Waals surface area contributed by atoms with E-state index < -0.39 is 16.3 Å². The Kier molecular flexibility index (Phi) is 5.57. The first kappa shape index (κ1) is 16.2. The Balaban J connectivity index is 2.68. The van der Waals surface area contributed by atoms with Crippen molar-refractivity contribution >= 4 is 16.3 Å². The van der Waals surface area contributed by atoms with Crippen LogP contribution in [-0.4, -0.2) is 44.6 Å². The van der Waals surface area contributed by atoms with E-state index in [9.17, 15) is 13.2 Å². The van der Waals surface area contributed by atoms with Crippen molar-refractivity contribution in [2.75, 3.05) is 13.6 Å². The molecule has 1 aliphatic rings. The average Bonchev–Trinajstić information content (AvgIpc) is 2.73. The summed E-state index contributed by atoms with van der Waals surface area (Å²) in [4.78, 5) is 11.4. The maximum Gasteiger partial charge on any atom is 0.422 e. The van der Waals surface area contributed by atoms with Gasteiger partial charge in [0.1, 0.15) is 0 Å². The lowest BCUT2D eigenvalue weighted by Crippen LogP contribution is -2.48. The molecule has 0 aromatic carbocycles. The summed E-state index contributed by atoms with van der Waals surface area (Å²) >= 11 is 0. The van der Waals surface area contributed by atoms with Crippen LogP contribution in [-0.2, 0) is 14.9 Å². The third-order valence-corrected chi connectivity index (χ3v) is 4.78. The molecule has 19 heavy (non-hydrogen) atoms. The van der Waals surface area contributed by atoms with Crippen molar-refractivity contribution in [1.29, 1.82) is 0 Å². The minimum atomic E-state index is -3.88. The van der Waals surface area contributed by atoms with Crippen LogP contribution in [0, 0.1) is 5.92 Å². The quantitative estimate of drug-likeness (QED) is 0.765. The van der Waals surface area contributed by atoms with Gasteiger partial charge in [0.2, 0.25) is 0 Å². The number of nitrogens with one attached hydrogen (secondary N) is 1. The van der Waals surface area contributed by atoms with E-state index in [0.717, 1.165) is 19.3 Å². The minimum absolute atomic E-state index is 0.141. The molecule has 0 aromatic heterocycles. The Morgan fingerprint density at radius 3 is 2.63 bits per heavy atom. The second-order valence-corrected chi connectivity index (χ2v) is 6.80. The zero-order valence-corrected chi connectivity index (χ0v) is 12.4. The molecule has 1 rings (SSSR count). The van der Waals surface area contributed by atoms with Gasteiger partial charge in [0.05, 0.1) is 6.10 Å². The molecule has 7 nitrogen and oxygen atoms in total. The van der Waals surface area contributed by atoms with E-state index in [2.05, 4.69) is 0 Å². The molecule has 0 aliphatic heterocycles. The van der Waals surface area contributed by atoms with Crippen LogP contribution in [0.3, 0.4) is 0 Å². The predicted molar refractivity (Wildman–Crippen MR) is 71.6 cm³/mol. The first-order valence-corrected chi connectivity index (χ1v) is 7.88. The molecule has 0 spiro atoms. The molecule has 0 radical (unpaired) electrons. The fourth-order valence-electron chi connectivity index (χ4n) is 2.36. The van der Waals surface area contributed by atoms with Crippen molar-refractivity contribution in [2.24, 2.45) is 11.7 Å². The van der Waals surface area contributed by atoms with Crippen molar-refractivity contribution in [1.82, 2.24) is 9.03 Å². The van der Waals surface area contributed by atoms with E-state index in [4.69, 9.17) is 10.5 Å². The highest BCUT2D eigenvalue weighted by Gasteiger charge is 2.36. The monoisotopic (exact) mass is 293 g/mol. The summed E-state index contributed by atoms with van der Waals surface area (Å²) in [7, 11) is -2.42. The van der Waals surface area contributed by atoms with Crippen LogP contribution in [0.15, 0.2) is 0 Å². The maximum atomic E-state index is 12.0. The zero-order valence-electron chi connectivity index (χ0n) is 11.6. The second kappa shape index (κ2) is 6.53. The lowest BCUT2D eigenvalue weighted by Gasteiger charge is -2.28. The summed E-state index contributed by atoms with van der Waals surface area (Å²) in [5.74, 6) is 0.141. The number of ether oxygens (including phenoxy) is 1. The fourth-order valence-corrected chi connectivity index (χ4v) is 3.40. The van der Waals surface area contributed by atoms with Crippen LogP contribution in [0.4, 0.5) is 4.79 Å². The molecule has 0 heterocycles. The van der Waals surface area contributed by atoms with E-state index in [1.807, 2.05) is 4.72 Å². The molecule has 1 fully saturated rings. The summed E-state index contributed by atoms with van der Waals surface area (Å²) < 4.78 is 32.0. The highest BCUT2D eigenvalue weighted by molar-refractivity contribution is 7.87. The smallest absolute Gasteiger partial charge is 0.422 e. The molecular weight excluding hydrogens is 270 g/mol. The Bertz CT molecular complexity index is 410. The Morgan fingerprint density at radius 2 is 2.11 bits per heavy atom. The summed E-state index contributed by atoms with van der Waals surface area (Å²) in [6.07, 6.45) is 1.30. The Hall–Kier alpha value is -0.860. The zero-order chi connectivity index (χ0) is 14.6. The van der Waals surface area contributed by atoms with Gasteiger partial charge in [-0.2, -0.15) is 12.7 Å². The van der Waals surface area contributed by atoms with Crippen LogP contribution in [0.1, 0.15) is 33.1 Å². The molecule has 8 heteroatoms. The van der Waals surface area contributed by atoms with Gasteiger partial charge in [-0.3, -0.25) is 0 Å². The highest BCUT2D eigenvalue weighted by Crippen LogP contribution is 2.29. The lowest BCUT2D eigenvalue weighted by atomic mass is 10.0. The number of hydrogen-bond acceptors (Lipinski definition) is 5. The normalized spacial score (nSPS) is 23.9. The van der Waals surface area contributed by atoms with Gasteiger partial charge in [-0.15, -0.1) is 0 Å². The number of rotatable bonds is 5. The number of carbonyl (C=O) groups is 1. The standard InChI is InChI=1S/C11H23N3O4S/c1-8(2)18-11(15)13-19(16,17)14(3)10-6-4-5-9(10)7-12/h8-10H,4-7,12H2,1-3H3,(H,13,15). The third-order valence-electron chi connectivity index (χ3n) is 3.32. The number of amides is 1. The first-order valence-electron chi connectivity index (χ1n) is 6.44. The van der Waals surface area contributed by atoms with E-state index in [-0.39, 0.29) is 18.1 Å². The van der Waals surface area contributed by atoms with Gasteiger partial charge in [-0.05, 0) is 39.2 Å². The average molecular weight is 293 g/mol. The molecular formula is C11H23N3O4S. The van der Waals surface area contributed by atoms with Gasteiger partial charge in [-0.1, -0.05) is 6.42 Å². The molecule has 0 bridgehead atoms. The van der Waals surface area contributed by atoms with Crippen molar-refractivity contribution < 1.29 is 17.9 Å². The van der Waals surface area contributed by atoms with E-state index in [1.165, 1.54) is 11.4 Å². The van der Waals surface area contributed by atoms with Crippen LogP contribution in [0.2, 0.25) is 0 Å². The summed E-state index contributed by atoms with van der Waals surface area (Å²) in [5.41, 5.74) is 5.64. The van der Waals surface area contributed by atoms with Crippen LogP contribution in [0.25, 0.3) is 0 Å². The molecule has 0 saturated heterocycles. The Morgan fingerprint density at radius 1 is 1.47 bits per heavy atom. The molecule has 1 aliphatic carbocycles. The van der Waals surface area contributed by atoms with Crippen molar-refractivity contribution in [3.8, 4) is 0 Å². The van der Waals surface area contributed by atoms with E-state index >= 15 is 0 Å². The molecule has 3 N–H and O–H groups in total. The number of nitrogens with two attached hydrogens (primary N) is 1.